The molecule has 0 fully saturated rings. The quantitative estimate of drug-likeness (QED) is 0.706. The molecule has 1 unspecified atom stereocenters. The molecular formula is C18H17BrN4O2. The summed E-state index contributed by atoms with van der Waals surface area (Å²) in [5.41, 5.74) is 2.69. The Morgan fingerprint density at radius 3 is 2.72 bits per heavy atom. The summed E-state index contributed by atoms with van der Waals surface area (Å²) in [4.78, 5) is 11.1. The second-order valence-electron chi connectivity index (χ2n) is 5.75. The molecule has 4 rings (SSSR count). The van der Waals surface area contributed by atoms with Crippen molar-refractivity contribution in [2.75, 3.05) is 24.4 Å². The first-order chi connectivity index (χ1) is 12.1. The number of halogens is 1. The largest absolute Gasteiger partial charge is 0.493 e. The molecule has 128 valence electrons. The average Bonchev–Trinajstić information content (AvgIpc) is 2.61. The van der Waals surface area contributed by atoms with Crippen LogP contribution in [0.5, 0.6) is 11.5 Å². The lowest BCUT2D eigenvalue weighted by Gasteiger charge is -2.37. The van der Waals surface area contributed by atoms with Gasteiger partial charge in [0.05, 0.1) is 30.8 Å². The number of nitrogens with one attached hydrogen (secondary N) is 1. The van der Waals surface area contributed by atoms with Crippen molar-refractivity contribution in [3.63, 3.8) is 0 Å². The Morgan fingerprint density at radius 1 is 1.16 bits per heavy atom. The number of rotatable bonds is 3. The van der Waals surface area contributed by atoms with Crippen LogP contribution < -0.4 is 19.7 Å². The van der Waals surface area contributed by atoms with E-state index >= 15 is 0 Å². The molecule has 0 saturated carbocycles. The van der Waals surface area contributed by atoms with Crippen LogP contribution in [0.15, 0.2) is 41.1 Å². The monoisotopic (exact) mass is 400 g/mol. The van der Waals surface area contributed by atoms with Crippen LogP contribution in [0.4, 0.5) is 17.2 Å². The van der Waals surface area contributed by atoms with Crippen molar-refractivity contribution >= 4 is 44.0 Å². The molecule has 3 aromatic rings. The first-order valence-electron chi connectivity index (χ1n) is 7.85. The molecule has 0 saturated heterocycles. The average molecular weight is 401 g/mol. The van der Waals surface area contributed by atoms with Crippen LogP contribution in [-0.4, -0.2) is 30.4 Å². The second-order valence-corrected chi connectivity index (χ2v) is 6.66. The van der Waals surface area contributed by atoms with Crippen LogP contribution in [0.2, 0.25) is 0 Å². The molecule has 0 bridgehead atoms. The summed E-state index contributed by atoms with van der Waals surface area (Å²) in [7, 11) is 3.26. The molecule has 2 heterocycles. The van der Waals surface area contributed by atoms with E-state index in [1.165, 1.54) is 0 Å². The zero-order chi connectivity index (χ0) is 17.6. The normalized spacial score (nSPS) is 15.8. The maximum absolute atomic E-state index is 5.59. The molecule has 0 aliphatic carbocycles. The van der Waals surface area contributed by atoms with E-state index in [2.05, 4.69) is 55.2 Å². The maximum Gasteiger partial charge on any atom is 0.184 e. The highest BCUT2D eigenvalue weighted by Gasteiger charge is 2.31. The molecular weight excluding hydrogens is 384 g/mol. The van der Waals surface area contributed by atoms with Gasteiger partial charge in [0, 0.05) is 16.2 Å². The number of aromatic nitrogens is 2. The number of anilines is 3. The molecule has 1 atom stereocenters. The predicted molar refractivity (Wildman–Crippen MR) is 102 cm³/mol. The van der Waals surface area contributed by atoms with Crippen LogP contribution in [0.3, 0.4) is 0 Å². The number of ether oxygens (including phenoxy) is 2. The van der Waals surface area contributed by atoms with Gasteiger partial charge in [-0.3, -0.25) is 0 Å². The minimum absolute atomic E-state index is 0.0269. The molecule has 6 nitrogen and oxygen atoms in total. The summed E-state index contributed by atoms with van der Waals surface area (Å²) in [5.74, 6) is 2.14. The van der Waals surface area contributed by atoms with E-state index in [0.717, 1.165) is 32.6 Å². The highest BCUT2D eigenvalue weighted by molar-refractivity contribution is 9.10. The van der Waals surface area contributed by atoms with Crippen LogP contribution >= 0.6 is 15.9 Å². The summed E-state index contributed by atoms with van der Waals surface area (Å²) in [6.45, 7) is 2.08. The molecule has 1 aliphatic rings. The van der Waals surface area contributed by atoms with Gasteiger partial charge in [0.2, 0.25) is 0 Å². The Kier molecular flexibility index (Phi) is 3.88. The highest BCUT2D eigenvalue weighted by Crippen LogP contribution is 2.48. The van der Waals surface area contributed by atoms with Gasteiger partial charge in [0.25, 0.3) is 0 Å². The Balaban J connectivity index is 2.02. The number of hydrogen-bond donors (Lipinski definition) is 1. The summed E-state index contributed by atoms with van der Waals surface area (Å²) < 4.78 is 12.1. The van der Waals surface area contributed by atoms with Crippen molar-refractivity contribution in [2.24, 2.45) is 0 Å². The van der Waals surface area contributed by atoms with Crippen LogP contribution in [-0.2, 0) is 0 Å². The predicted octanol–water partition coefficient (Wildman–Crippen LogP) is 4.32. The lowest BCUT2D eigenvalue weighted by atomic mass is 10.1. The Morgan fingerprint density at radius 2 is 2.00 bits per heavy atom. The molecule has 1 N–H and O–H groups in total. The second kappa shape index (κ2) is 6.07. The molecule has 0 radical (unpaired) electrons. The minimum Gasteiger partial charge on any atom is -0.493 e. The molecule has 2 aromatic carbocycles. The molecule has 25 heavy (non-hydrogen) atoms. The van der Waals surface area contributed by atoms with Crippen molar-refractivity contribution in [3.8, 4) is 11.5 Å². The fourth-order valence-corrected chi connectivity index (χ4v) is 3.66. The number of hydrogen-bond acceptors (Lipinski definition) is 6. The zero-order valence-electron chi connectivity index (χ0n) is 14.1. The van der Waals surface area contributed by atoms with E-state index < -0.39 is 0 Å². The number of nitrogens with zero attached hydrogens (tertiary/aromatic N) is 3. The van der Waals surface area contributed by atoms with E-state index in [0.29, 0.717) is 11.5 Å². The van der Waals surface area contributed by atoms with E-state index in [4.69, 9.17) is 9.47 Å². The van der Waals surface area contributed by atoms with E-state index in [1.54, 1.807) is 20.5 Å². The molecule has 1 aliphatic heterocycles. The highest BCUT2D eigenvalue weighted by atomic mass is 79.9. The van der Waals surface area contributed by atoms with Crippen LogP contribution in [0, 0.1) is 0 Å². The Hall–Kier alpha value is -2.54. The summed E-state index contributed by atoms with van der Waals surface area (Å²) >= 11 is 3.54. The van der Waals surface area contributed by atoms with Gasteiger partial charge in [0.15, 0.2) is 11.5 Å². The maximum atomic E-state index is 5.59. The smallest absolute Gasteiger partial charge is 0.184 e. The van der Waals surface area contributed by atoms with E-state index in [1.807, 2.05) is 18.2 Å². The third kappa shape index (κ3) is 2.46. The standard InChI is InChI=1S/C18H17BrN4O2/c1-10-22-16-15-13(8-14(24-2)17(16)25-3)20-9-21-18(15)23(10)12-6-4-5-11(19)7-12/h4-10,22H,1-3H3. The van der Waals surface area contributed by atoms with Crippen LogP contribution in [0.1, 0.15) is 6.92 Å². The summed E-state index contributed by atoms with van der Waals surface area (Å²) in [6.07, 6.45) is 1.55. The van der Waals surface area contributed by atoms with Crippen molar-refractivity contribution in [3.05, 3.63) is 41.1 Å². The van der Waals surface area contributed by atoms with E-state index in [9.17, 15) is 0 Å². The summed E-state index contributed by atoms with van der Waals surface area (Å²) in [6, 6.07) is 10.0. The Bertz CT molecular complexity index is 963. The lowest BCUT2D eigenvalue weighted by Crippen LogP contribution is -2.38. The van der Waals surface area contributed by atoms with Crippen molar-refractivity contribution in [2.45, 2.75) is 13.1 Å². The summed E-state index contributed by atoms with van der Waals surface area (Å²) in [5, 5.41) is 4.43. The first-order valence-corrected chi connectivity index (χ1v) is 8.64. The molecule has 0 amide bonds. The molecule has 7 heteroatoms. The topological polar surface area (TPSA) is 59.5 Å². The van der Waals surface area contributed by atoms with Gasteiger partial charge in [-0.25, -0.2) is 9.97 Å². The molecule has 0 spiro atoms. The third-order valence-corrected chi connectivity index (χ3v) is 4.80. The minimum atomic E-state index is -0.0269. The fourth-order valence-electron chi connectivity index (χ4n) is 3.27. The number of methoxy groups -OCH3 is 2. The third-order valence-electron chi connectivity index (χ3n) is 4.30. The van der Waals surface area contributed by atoms with Gasteiger partial charge >= 0.3 is 0 Å². The van der Waals surface area contributed by atoms with Crippen molar-refractivity contribution in [1.82, 2.24) is 9.97 Å². The molecule has 1 aromatic heterocycles. The van der Waals surface area contributed by atoms with Gasteiger partial charge in [-0.15, -0.1) is 0 Å². The van der Waals surface area contributed by atoms with Gasteiger partial charge in [0.1, 0.15) is 18.3 Å². The fraction of sp³-hybridized carbons (Fsp3) is 0.222. The van der Waals surface area contributed by atoms with Gasteiger partial charge in [-0.2, -0.15) is 0 Å². The first kappa shape index (κ1) is 16.0. The number of benzene rings is 2. The van der Waals surface area contributed by atoms with Crippen molar-refractivity contribution in [1.29, 1.82) is 0 Å². The van der Waals surface area contributed by atoms with E-state index in [-0.39, 0.29) is 6.17 Å². The SMILES string of the molecule is COc1cc2ncnc3c2c(c1OC)NC(C)N3c1cccc(Br)c1. The van der Waals surface area contributed by atoms with Crippen molar-refractivity contribution < 1.29 is 9.47 Å². The van der Waals surface area contributed by atoms with Gasteiger partial charge < -0.3 is 19.7 Å². The van der Waals surface area contributed by atoms with Gasteiger partial charge in [-0.1, -0.05) is 22.0 Å². The zero-order valence-corrected chi connectivity index (χ0v) is 15.7. The Labute approximate surface area is 153 Å². The lowest BCUT2D eigenvalue weighted by molar-refractivity contribution is 0.356. The van der Waals surface area contributed by atoms with Gasteiger partial charge in [-0.05, 0) is 25.1 Å². The van der Waals surface area contributed by atoms with Crippen LogP contribution in [0.25, 0.3) is 10.9 Å².